The molecule has 0 spiro atoms. The lowest BCUT2D eigenvalue weighted by atomic mass is 10.1. The van der Waals surface area contributed by atoms with Crippen LogP contribution in [0.5, 0.6) is 11.5 Å². The quantitative estimate of drug-likeness (QED) is 0.883. The molecule has 1 N–H and O–H groups in total. The highest BCUT2D eigenvalue weighted by molar-refractivity contribution is 9.10. The van der Waals surface area contributed by atoms with Crippen molar-refractivity contribution in [1.82, 2.24) is 4.98 Å². The van der Waals surface area contributed by atoms with Gasteiger partial charge in [-0.15, -0.1) is 0 Å². The molecule has 0 atom stereocenters. The second-order valence-electron chi connectivity index (χ2n) is 4.73. The smallest absolute Gasteiger partial charge is 0.229 e. The number of amides is 1. The number of aryl methyl sites for hydroxylation is 1. The van der Waals surface area contributed by atoms with Crippen LogP contribution in [0.4, 0.5) is 5.82 Å². The Morgan fingerprint density at radius 3 is 2.59 bits per heavy atom. The Hall–Kier alpha value is -2.08. The van der Waals surface area contributed by atoms with E-state index in [-0.39, 0.29) is 12.3 Å². The van der Waals surface area contributed by atoms with Crippen LogP contribution in [0.1, 0.15) is 11.1 Å². The molecular formula is C16H17BrN2O3. The summed E-state index contributed by atoms with van der Waals surface area (Å²) in [7, 11) is 3.14. The van der Waals surface area contributed by atoms with Gasteiger partial charge in [-0.25, -0.2) is 4.98 Å². The molecule has 1 aromatic heterocycles. The van der Waals surface area contributed by atoms with Crippen molar-refractivity contribution in [1.29, 1.82) is 0 Å². The molecule has 0 aliphatic rings. The summed E-state index contributed by atoms with van der Waals surface area (Å²) < 4.78 is 11.3. The van der Waals surface area contributed by atoms with Crippen LogP contribution in [-0.2, 0) is 11.2 Å². The predicted octanol–water partition coefficient (Wildman–Crippen LogP) is 3.35. The first kappa shape index (κ1) is 16.3. The average molecular weight is 365 g/mol. The van der Waals surface area contributed by atoms with Crippen LogP contribution in [0.2, 0.25) is 0 Å². The van der Waals surface area contributed by atoms with E-state index in [0.717, 1.165) is 15.6 Å². The van der Waals surface area contributed by atoms with Gasteiger partial charge in [-0.1, -0.05) is 6.07 Å². The topological polar surface area (TPSA) is 60.5 Å². The SMILES string of the molecule is COc1ccc(CC(=O)Nc2ncc(Br)cc2C)cc1OC. The predicted molar refractivity (Wildman–Crippen MR) is 88.6 cm³/mol. The number of carbonyl (C=O) groups is 1. The largest absolute Gasteiger partial charge is 0.493 e. The summed E-state index contributed by atoms with van der Waals surface area (Å²) >= 11 is 3.34. The average Bonchev–Trinajstić information content (AvgIpc) is 2.50. The Labute approximate surface area is 137 Å². The van der Waals surface area contributed by atoms with E-state index in [1.165, 1.54) is 0 Å². The third-order valence-electron chi connectivity index (χ3n) is 3.12. The third kappa shape index (κ3) is 3.98. The molecule has 1 aromatic carbocycles. The van der Waals surface area contributed by atoms with E-state index < -0.39 is 0 Å². The number of benzene rings is 1. The fraction of sp³-hybridized carbons (Fsp3) is 0.250. The summed E-state index contributed by atoms with van der Waals surface area (Å²) in [4.78, 5) is 16.3. The second-order valence-corrected chi connectivity index (χ2v) is 5.65. The summed E-state index contributed by atoms with van der Waals surface area (Å²) in [6, 6.07) is 7.31. The lowest BCUT2D eigenvalue weighted by Gasteiger charge is -2.10. The van der Waals surface area contributed by atoms with Gasteiger partial charge in [-0.2, -0.15) is 0 Å². The molecule has 0 aliphatic carbocycles. The molecule has 0 fully saturated rings. The van der Waals surface area contributed by atoms with Gasteiger partial charge in [0.25, 0.3) is 0 Å². The highest BCUT2D eigenvalue weighted by atomic mass is 79.9. The van der Waals surface area contributed by atoms with Crippen molar-refractivity contribution in [3.63, 3.8) is 0 Å². The molecule has 22 heavy (non-hydrogen) atoms. The minimum absolute atomic E-state index is 0.134. The minimum Gasteiger partial charge on any atom is -0.493 e. The number of anilines is 1. The van der Waals surface area contributed by atoms with Gasteiger partial charge >= 0.3 is 0 Å². The maximum atomic E-state index is 12.1. The van der Waals surface area contributed by atoms with E-state index in [1.807, 2.05) is 19.1 Å². The molecule has 0 saturated heterocycles. The highest BCUT2D eigenvalue weighted by Crippen LogP contribution is 2.27. The summed E-state index contributed by atoms with van der Waals surface area (Å²) in [5.41, 5.74) is 1.74. The van der Waals surface area contributed by atoms with Gasteiger partial charge in [0, 0.05) is 10.7 Å². The van der Waals surface area contributed by atoms with Crippen LogP contribution in [-0.4, -0.2) is 25.1 Å². The lowest BCUT2D eigenvalue weighted by molar-refractivity contribution is -0.115. The number of aromatic nitrogens is 1. The van der Waals surface area contributed by atoms with E-state index in [4.69, 9.17) is 9.47 Å². The lowest BCUT2D eigenvalue weighted by Crippen LogP contribution is -2.16. The van der Waals surface area contributed by atoms with Crippen molar-refractivity contribution in [3.8, 4) is 11.5 Å². The molecule has 0 radical (unpaired) electrons. The number of pyridine rings is 1. The highest BCUT2D eigenvalue weighted by Gasteiger charge is 2.10. The van der Waals surface area contributed by atoms with Gasteiger partial charge < -0.3 is 14.8 Å². The normalized spacial score (nSPS) is 10.2. The van der Waals surface area contributed by atoms with E-state index >= 15 is 0 Å². The first-order valence-electron chi connectivity index (χ1n) is 6.66. The van der Waals surface area contributed by atoms with Crippen molar-refractivity contribution >= 4 is 27.7 Å². The van der Waals surface area contributed by atoms with Gasteiger partial charge in [-0.3, -0.25) is 4.79 Å². The number of methoxy groups -OCH3 is 2. The maximum Gasteiger partial charge on any atom is 0.229 e. The Morgan fingerprint density at radius 1 is 1.23 bits per heavy atom. The van der Waals surface area contributed by atoms with Gasteiger partial charge in [0.05, 0.1) is 20.6 Å². The molecule has 116 valence electrons. The second kappa shape index (κ2) is 7.26. The summed E-state index contributed by atoms with van der Waals surface area (Å²) in [5, 5.41) is 2.81. The molecule has 1 amide bonds. The molecule has 0 saturated carbocycles. The van der Waals surface area contributed by atoms with Crippen molar-refractivity contribution in [2.75, 3.05) is 19.5 Å². The Morgan fingerprint density at radius 2 is 1.95 bits per heavy atom. The molecule has 2 rings (SSSR count). The number of nitrogens with one attached hydrogen (secondary N) is 1. The van der Waals surface area contributed by atoms with Crippen LogP contribution < -0.4 is 14.8 Å². The molecule has 0 bridgehead atoms. The van der Waals surface area contributed by atoms with Crippen LogP contribution in [0.15, 0.2) is 34.9 Å². The summed E-state index contributed by atoms with van der Waals surface area (Å²) in [6.45, 7) is 1.89. The van der Waals surface area contributed by atoms with E-state index in [0.29, 0.717) is 17.3 Å². The Bertz CT molecular complexity index is 689. The standard InChI is InChI=1S/C16H17BrN2O3/c1-10-6-12(17)9-18-16(10)19-15(20)8-11-4-5-13(21-2)14(7-11)22-3/h4-7,9H,8H2,1-3H3,(H,18,19,20). The van der Waals surface area contributed by atoms with E-state index in [9.17, 15) is 4.79 Å². The van der Waals surface area contributed by atoms with Crippen molar-refractivity contribution in [2.24, 2.45) is 0 Å². The number of hydrogen-bond donors (Lipinski definition) is 1. The molecular weight excluding hydrogens is 348 g/mol. The zero-order valence-corrected chi connectivity index (χ0v) is 14.2. The monoisotopic (exact) mass is 364 g/mol. The first-order chi connectivity index (χ1) is 10.5. The third-order valence-corrected chi connectivity index (χ3v) is 3.55. The zero-order valence-electron chi connectivity index (χ0n) is 12.6. The number of halogens is 1. The van der Waals surface area contributed by atoms with Crippen molar-refractivity contribution in [3.05, 3.63) is 46.1 Å². The molecule has 5 nitrogen and oxygen atoms in total. The van der Waals surface area contributed by atoms with Gasteiger partial charge in [0.15, 0.2) is 11.5 Å². The van der Waals surface area contributed by atoms with Crippen LogP contribution in [0, 0.1) is 6.92 Å². The van der Waals surface area contributed by atoms with Gasteiger partial charge in [0.1, 0.15) is 5.82 Å². The van der Waals surface area contributed by atoms with Crippen LogP contribution in [0.3, 0.4) is 0 Å². The minimum atomic E-state index is -0.134. The van der Waals surface area contributed by atoms with Gasteiger partial charge in [-0.05, 0) is 52.2 Å². The fourth-order valence-electron chi connectivity index (χ4n) is 2.02. The molecule has 2 aromatic rings. The fourth-order valence-corrected chi connectivity index (χ4v) is 2.47. The number of carbonyl (C=O) groups excluding carboxylic acids is 1. The van der Waals surface area contributed by atoms with Crippen molar-refractivity contribution in [2.45, 2.75) is 13.3 Å². The van der Waals surface area contributed by atoms with E-state index in [1.54, 1.807) is 32.5 Å². The zero-order chi connectivity index (χ0) is 16.1. The summed E-state index contributed by atoms with van der Waals surface area (Å²) in [6.07, 6.45) is 1.89. The first-order valence-corrected chi connectivity index (χ1v) is 7.45. The number of nitrogens with zero attached hydrogens (tertiary/aromatic N) is 1. The number of ether oxygens (including phenoxy) is 2. The van der Waals surface area contributed by atoms with Crippen LogP contribution in [0.25, 0.3) is 0 Å². The summed E-state index contributed by atoms with van der Waals surface area (Å²) in [5.74, 6) is 1.67. The van der Waals surface area contributed by atoms with Crippen LogP contribution >= 0.6 is 15.9 Å². The maximum absolute atomic E-state index is 12.1. The number of hydrogen-bond acceptors (Lipinski definition) is 4. The molecule has 0 aliphatic heterocycles. The van der Waals surface area contributed by atoms with Crippen molar-refractivity contribution < 1.29 is 14.3 Å². The van der Waals surface area contributed by atoms with E-state index in [2.05, 4.69) is 26.2 Å². The Kier molecular flexibility index (Phi) is 5.38. The number of rotatable bonds is 5. The Balaban J connectivity index is 2.08. The molecule has 6 heteroatoms. The molecule has 0 unspecified atom stereocenters. The molecule has 1 heterocycles. The van der Waals surface area contributed by atoms with Gasteiger partial charge in [0.2, 0.25) is 5.91 Å².